The Morgan fingerprint density at radius 1 is 1.38 bits per heavy atom. The summed E-state index contributed by atoms with van der Waals surface area (Å²) in [7, 11) is 0. The van der Waals surface area contributed by atoms with Crippen molar-refractivity contribution in [3.05, 3.63) is 64.2 Å². The van der Waals surface area contributed by atoms with Gasteiger partial charge in [0.1, 0.15) is 17.9 Å². The van der Waals surface area contributed by atoms with Gasteiger partial charge in [-0.1, -0.05) is 36.7 Å². The van der Waals surface area contributed by atoms with Gasteiger partial charge in [0, 0.05) is 5.56 Å². The number of ether oxygens (including phenoxy) is 1. The zero-order valence-corrected chi connectivity index (χ0v) is 18.1. The molecule has 32 heavy (non-hydrogen) atoms. The van der Waals surface area contributed by atoms with Crippen LogP contribution in [0, 0.1) is 17.2 Å². The number of nitriles is 1. The molecule has 0 fully saturated rings. The number of hydrogen-bond donors (Lipinski definition) is 3. The highest BCUT2D eigenvalue weighted by atomic mass is 16.6. The minimum atomic E-state index is -1.12. The summed E-state index contributed by atoms with van der Waals surface area (Å²) >= 11 is 0. The molecule has 0 aromatic heterocycles. The van der Waals surface area contributed by atoms with Crippen molar-refractivity contribution in [2.24, 2.45) is 16.8 Å². The second-order valence-corrected chi connectivity index (χ2v) is 7.90. The molecule has 3 rings (SSSR count). The molecule has 3 unspecified atom stereocenters. The SMILES string of the molecule is CCCC1Cc2c(/C(N)=N\OCC(C)Oc3ccc(C(=O)O)cc3C#N)cccc2C1O. The van der Waals surface area contributed by atoms with Crippen LogP contribution in [0.1, 0.15) is 65.4 Å². The molecular formula is C24H27N3O5. The molecule has 8 nitrogen and oxygen atoms in total. The highest BCUT2D eigenvalue weighted by molar-refractivity contribution is 5.99. The molecule has 1 aliphatic carbocycles. The minimum absolute atomic E-state index is 0.0110. The third-order valence-electron chi connectivity index (χ3n) is 5.53. The van der Waals surface area contributed by atoms with E-state index in [0.29, 0.717) is 0 Å². The lowest BCUT2D eigenvalue weighted by Gasteiger charge is -2.15. The summed E-state index contributed by atoms with van der Waals surface area (Å²) in [4.78, 5) is 16.4. The number of carboxylic acids is 1. The standard InChI is InChI=1S/C24H27N3O5/c1-3-5-15-11-20-18(22(15)28)6-4-7-19(20)23(26)27-31-13-14(2)32-21-9-8-16(24(29)30)10-17(21)12-25/h4,6-10,14-15,22,28H,3,5,11,13H2,1-2H3,(H2,26,27)(H,29,30). The lowest BCUT2D eigenvalue weighted by Crippen LogP contribution is -2.21. The van der Waals surface area contributed by atoms with Crippen molar-refractivity contribution in [3.63, 3.8) is 0 Å². The predicted molar refractivity (Wildman–Crippen MR) is 118 cm³/mol. The van der Waals surface area contributed by atoms with Gasteiger partial charge in [-0.05, 0) is 55.0 Å². The fraction of sp³-hybridized carbons (Fsp3) is 0.375. The number of aromatic carboxylic acids is 1. The first-order valence-corrected chi connectivity index (χ1v) is 10.5. The van der Waals surface area contributed by atoms with Crippen molar-refractivity contribution in [1.29, 1.82) is 5.26 Å². The number of oxime groups is 1. The largest absolute Gasteiger partial charge is 0.486 e. The maximum Gasteiger partial charge on any atom is 0.335 e. The normalized spacial score (nSPS) is 18.5. The maximum atomic E-state index is 11.1. The minimum Gasteiger partial charge on any atom is -0.486 e. The third-order valence-corrected chi connectivity index (χ3v) is 5.53. The fourth-order valence-electron chi connectivity index (χ4n) is 3.97. The number of rotatable bonds is 9. The number of aliphatic hydroxyl groups excluding tert-OH is 1. The summed E-state index contributed by atoms with van der Waals surface area (Å²) in [6.07, 6.45) is 1.73. The zero-order valence-electron chi connectivity index (χ0n) is 18.1. The van der Waals surface area contributed by atoms with Gasteiger partial charge in [0.2, 0.25) is 0 Å². The van der Waals surface area contributed by atoms with Crippen LogP contribution in [0.2, 0.25) is 0 Å². The molecule has 4 N–H and O–H groups in total. The third kappa shape index (κ3) is 5.01. The number of carboxylic acid groups (broad SMARTS) is 1. The highest BCUT2D eigenvalue weighted by Crippen LogP contribution is 2.40. The van der Waals surface area contributed by atoms with Gasteiger partial charge in [0.15, 0.2) is 12.4 Å². The number of benzene rings is 2. The molecule has 2 aromatic carbocycles. The van der Waals surface area contributed by atoms with Gasteiger partial charge < -0.3 is 25.5 Å². The molecule has 1 aliphatic rings. The van der Waals surface area contributed by atoms with Crippen LogP contribution in [-0.2, 0) is 11.3 Å². The first kappa shape index (κ1) is 23.1. The Bertz CT molecular complexity index is 1060. The Morgan fingerprint density at radius 2 is 2.16 bits per heavy atom. The average Bonchev–Trinajstić information content (AvgIpc) is 3.09. The van der Waals surface area contributed by atoms with Crippen LogP contribution in [0.25, 0.3) is 0 Å². The van der Waals surface area contributed by atoms with Gasteiger partial charge >= 0.3 is 5.97 Å². The maximum absolute atomic E-state index is 11.1. The zero-order chi connectivity index (χ0) is 23.3. The molecule has 8 heteroatoms. The van der Waals surface area contributed by atoms with E-state index in [4.69, 9.17) is 20.4 Å². The van der Waals surface area contributed by atoms with E-state index >= 15 is 0 Å². The first-order chi connectivity index (χ1) is 15.3. The molecular weight excluding hydrogens is 410 g/mol. The summed E-state index contributed by atoms with van der Waals surface area (Å²) in [5, 5.41) is 32.9. The van der Waals surface area contributed by atoms with Gasteiger partial charge in [-0.25, -0.2) is 4.79 Å². The van der Waals surface area contributed by atoms with Crippen molar-refractivity contribution >= 4 is 11.8 Å². The molecule has 0 bridgehead atoms. The molecule has 3 atom stereocenters. The summed E-state index contributed by atoms with van der Waals surface area (Å²) in [5.41, 5.74) is 8.95. The number of aliphatic hydroxyl groups is 1. The smallest absolute Gasteiger partial charge is 0.335 e. The number of amidine groups is 1. The van der Waals surface area contributed by atoms with Gasteiger partial charge in [0.25, 0.3) is 0 Å². The van der Waals surface area contributed by atoms with Crippen LogP contribution in [0.5, 0.6) is 5.75 Å². The van der Waals surface area contributed by atoms with Gasteiger partial charge in [-0.2, -0.15) is 5.26 Å². The molecule has 0 saturated carbocycles. The van der Waals surface area contributed by atoms with Crippen molar-refractivity contribution in [2.45, 2.75) is 45.3 Å². The summed E-state index contributed by atoms with van der Waals surface area (Å²) in [6.45, 7) is 3.91. The molecule has 0 saturated heterocycles. The lowest BCUT2D eigenvalue weighted by molar-refractivity contribution is 0.0626. The average molecular weight is 437 g/mol. The van der Waals surface area contributed by atoms with Gasteiger partial charge in [-0.15, -0.1) is 0 Å². The van der Waals surface area contributed by atoms with E-state index in [9.17, 15) is 15.2 Å². The van der Waals surface area contributed by atoms with Crippen molar-refractivity contribution in [2.75, 3.05) is 6.61 Å². The van der Waals surface area contributed by atoms with Crippen LogP contribution in [0.15, 0.2) is 41.6 Å². The van der Waals surface area contributed by atoms with Crippen molar-refractivity contribution in [1.82, 2.24) is 0 Å². The molecule has 0 spiro atoms. The molecule has 2 aromatic rings. The van der Waals surface area contributed by atoms with E-state index in [1.165, 1.54) is 18.2 Å². The highest BCUT2D eigenvalue weighted by Gasteiger charge is 2.32. The molecule has 0 aliphatic heterocycles. The Labute approximate surface area is 186 Å². The number of fused-ring (bicyclic) bond motifs is 1. The second kappa shape index (κ2) is 10.2. The summed E-state index contributed by atoms with van der Waals surface area (Å²) in [5.74, 6) is -0.445. The molecule has 0 amide bonds. The number of hydrogen-bond acceptors (Lipinski definition) is 6. The van der Waals surface area contributed by atoms with Gasteiger partial charge in [-0.3, -0.25) is 0 Å². The Hall–Kier alpha value is -3.57. The van der Waals surface area contributed by atoms with Gasteiger partial charge in [0.05, 0.1) is 17.2 Å². The predicted octanol–water partition coefficient (Wildman–Crippen LogP) is 3.37. The second-order valence-electron chi connectivity index (χ2n) is 7.90. The molecule has 0 heterocycles. The molecule has 0 radical (unpaired) electrons. The van der Waals surface area contributed by atoms with Crippen molar-refractivity contribution in [3.8, 4) is 11.8 Å². The molecule has 168 valence electrons. The van der Waals surface area contributed by atoms with Crippen LogP contribution in [0.4, 0.5) is 0 Å². The van der Waals surface area contributed by atoms with E-state index in [1.54, 1.807) is 6.92 Å². The van der Waals surface area contributed by atoms with E-state index in [-0.39, 0.29) is 35.2 Å². The van der Waals surface area contributed by atoms with Crippen LogP contribution < -0.4 is 10.5 Å². The van der Waals surface area contributed by atoms with Crippen LogP contribution >= 0.6 is 0 Å². The topological polar surface area (TPSA) is 138 Å². The van der Waals surface area contributed by atoms with Crippen molar-refractivity contribution < 1.29 is 24.6 Å². The van der Waals surface area contributed by atoms with Crippen LogP contribution in [-0.4, -0.2) is 34.7 Å². The lowest BCUT2D eigenvalue weighted by atomic mass is 9.98. The Balaban J connectivity index is 1.64. The van der Waals surface area contributed by atoms with E-state index in [1.807, 2.05) is 24.3 Å². The van der Waals surface area contributed by atoms with Crippen LogP contribution in [0.3, 0.4) is 0 Å². The number of carbonyl (C=O) groups is 1. The summed E-state index contributed by atoms with van der Waals surface area (Å²) < 4.78 is 5.70. The number of nitrogens with two attached hydrogens (primary N) is 1. The van der Waals surface area contributed by atoms with E-state index in [2.05, 4.69) is 12.1 Å². The Kier molecular flexibility index (Phi) is 7.33. The monoisotopic (exact) mass is 437 g/mol. The quantitative estimate of drug-likeness (QED) is 0.310. The number of nitrogens with zero attached hydrogens (tertiary/aromatic N) is 2. The van der Waals surface area contributed by atoms with E-state index < -0.39 is 18.2 Å². The van der Waals surface area contributed by atoms with E-state index in [0.717, 1.165) is 36.0 Å². The summed E-state index contributed by atoms with van der Waals surface area (Å²) in [6, 6.07) is 11.7. The fourth-order valence-corrected chi connectivity index (χ4v) is 3.97. The Morgan fingerprint density at radius 3 is 2.84 bits per heavy atom. The first-order valence-electron chi connectivity index (χ1n) is 10.5.